The van der Waals surface area contributed by atoms with Gasteiger partial charge in [-0.15, -0.1) is 11.3 Å². The summed E-state index contributed by atoms with van der Waals surface area (Å²) in [6.45, 7) is 6.45. The second-order valence-corrected chi connectivity index (χ2v) is 7.53. The summed E-state index contributed by atoms with van der Waals surface area (Å²) in [7, 11) is 1.64. The molecule has 0 fully saturated rings. The summed E-state index contributed by atoms with van der Waals surface area (Å²) in [5, 5.41) is 0.980. The highest BCUT2D eigenvalue weighted by Gasteiger charge is 2.15. The van der Waals surface area contributed by atoms with Crippen molar-refractivity contribution in [2.24, 2.45) is 0 Å². The van der Waals surface area contributed by atoms with E-state index in [1.807, 2.05) is 45.0 Å². The Bertz CT molecular complexity index is 1210. The molecule has 0 saturated heterocycles. The zero-order valence-corrected chi connectivity index (χ0v) is 16.0. The van der Waals surface area contributed by atoms with Crippen LogP contribution < -0.4 is 10.3 Å². The Morgan fingerprint density at radius 2 is 2.00 bits per heavy atom. The van der Waals surface area contributed by atoms with Crippen molar-refractivity contribution in [1.82, 2.24) is 14.5 Å². The van der Waals surface area contributed by atoms with Crippen molar-refractivity contribution < 1.29 is 4.74 Å². The lowest BCUT2D eigenvalue weighted by Gasteiger charge is -2.11. The molecule has 3 aromatic heterocycles. The Labute approximate surface area is 154 Å². The number of fused-ring (bicyclic) bond motifs is 3. The van der Waals surface area contributed by atoms with Gasteiger partial charge in [-0.1, -0.05) is 17.7 Å². The Hall–Kier alpha value is -2.73. The van der Waals surface area contributed by atoms with Crippen LogP contribution in [0.2, 0.25) is 0 Å². The number of rotatable bonds is 3. The van der Waals surface area contributed by atoms with Crippen molar-refractivity contribution in [2.75, 3.05) is 7.11 Å². The second kappa shape index (κ2) is 6.21. The molecule has 0 N–H and O–H groups in total. The minimum Gasteiger partial charge on any atom is -0.496 e. The van der Waals surface area contributed by atoms with Gasteiger partial charge in [0, 0.05) is 16.6 Å². The highest BCUT2D eigenvalue weighted by Crippen LogP contribution is 2.31. The van der Waals surface area contributed by atoms with E-state index in [4.69, 9.17) is 4.74 Å². The van der Waals surface area contributed by atoms with Gasteiger partial charge in [0.15, 0.2) is 0 Å². The predicted molar refractivity (Wildman–Crippen MR) is 105 cm³/mol. The molecule has 0 aliphatic rings. The topological polar surface area (TPSA) is 57.0 Å². The van der Waals surface area contributed by atoms with Crippen molar-refractivity contribution in [3.63, 3.8) is 0 Å². The zero-order chi connectivity index (χ0) is 18.4. The standard InChI is InChI=1S/C20H19N3O2S/c1-11-5-6-15(25-4)14(7-11)9-23-10-21-17-16-12(2)8-13(3)22-19(16)26-18(17)20(23)24/h5-8,10H,9H2,1-4H3. The molecule has 0 bridgehead atoms. The van der Waals surface area contributed by atoms with E-state index in [0.717, 1.165) is 43.9 Å². The highest BCUT2D eigenvalue weighted by atomic mass is 32.1. The number of hydrogen-bond acceptors (Lipinski definition) is 5. The summed E-state index contributed by atoms with van der Waals surface area (Å²) in [5.74, 6) is 0.770. The molecule has 0 spiro atoms. The molecule has 132 valence electrons. The van der Waals surface area contributed by atoms with E-state index in [1.54, 1.807) is 18.0 Å². The van der Waals surface area contributed by atoms with E-state index in [2.05, 4.69) is 9.97 Å². The van der Waals surface area contributed by atoms with Crippen LogP contribution in [0.4, 0.5) is 0 Å². The fourth-order valence-electron chi connectivity index (χ4n) is 3.33. The Balaban J connectivity index is 1.89. The third-order valence-corrected chi connectivity index (χ3v) is 5.58. The third-order valence-electron chi connectivity index (χ3n) is 4.52. The fraction of sp³-hybridized carbons (Fsp3) is 0.250. The number of ether oxygens (including phenoxy) is 1. The van der Waals surface area contributed by atoms with Gasteiger partial charge in [0.25, 0.3) is 5.56 Å². The van der Waals surface area contributed by atoms with Crippen LogP contribution in [0.15, 0.2) is 35.4 Å². The summed E-state index contributed by atoms with van der Waals surface area (Å²) in [5.41, 5.74) is 4.84. The molecule has 3 heterocycles. The number of aryl methyl sites for hydroxylation is 3. The quantitative estimate of drug-likeness (QED) is 0.551. The smallest absolute Gasteiger partial charge is 0.271 e. The second-order valence-electron chi connectivity index (χ2n) is 6.53. The molecule has 1 aromatic carbocycles. The monoisotopic (exact) mass is 365 g/mol. The summed E-state index contributed by atoms with van der Waals surface area (Å²) in [4.78, 5) is 23.1. The Morgan fingerprint density at radius 3 is 2.77 bits per heavy atom. The lowest BCUT2D eigenvalue weighted by molar-refractivity contribution is 0.408. The molecule has 0 amide bonds. The first-order valence-electron chi connectivity index (χ1n) is 8.37. The third kappa shape index (κ3) is 2.66. The van der Waals surface area contributed by atoms with Gasteiger partial charge in [0.2, 0.25) is 0 Å². The number of hydrogen-bond donors (Lipinski definition) is 0. The van der Waals surface area contributed by atoms with Crippen LogP contribution in [0.5, 0.6) is 5.75 Å². The number of pyridine rings is 1. The maximum Gasteiger partial charge on any atom is 0.271 e. The van der Waals surface area contributed by atoms with Crippen molar-refractivity contribution in [3.8, 4) is 5.75 Å². The van der Waals surface area contributed by atoms with Crippen molar-refractivity contribution in [1.29, 1.82) is 0 Å². The van der Waals surface area contributed by atoms with Gasteiger partial charge >= 0.3 is 0 Å². The lowest BCUT2D eigenvalue weighted by Crippen LogP contribution is -2.20. The summed E-state index contributed by atoms with van der Waals surface area (Å²) < 4.78 is 7.72. The molecule has 4 rings (SSSR count). The van der Waals surface area contributed by atoms with Crippen LogP contribution in [0.25, 0.3) is 20.4 Å². The Kier molecular flexibility index (Phi) is 4.00. The van der Waals surface area contributed by atoms with Crippen LogP contribution in [0.3, 0.4) is 0 Å². The molecule has 0 aliphatic heterocycles. The summed E-state index contributed by atoms with van der Waals surface area (Å²) >= 11 is 1.42. The minimum atomic E-state index is -0.0430. The van der Waals surface area contributed by atoms with Crippen molar-refractivity contribution >= 4 is 31.8 Å². The largest absolute Gasteiger partial charge is 0.496 e. The minimum absolute atomic E-state index is 0.0430. The lowest BCUT2D eigenvalue weighted by atomic mass is 10.1. The van der Waals surface area contributed by atoms with Crippen molar-refractivity contribution in [3.05, 3.63) is 63.3 Å². The predicted octanol–water partition coefficient (Wildman–Crippen LogP) is 3.99. The van der Waals surface area contributed by atoms with Gasteiger partial charge in [-0.3, -0.25) is 9.36 Å². The molecule has 6 heteroatoms. The maximum atomic E-state index is 13.0. The fourth-order valence-corrected chi connectivity index (χ4v) is 4.53. The molecule has 26 heavy (non-hydrogen) atoms. The molecular weight excluding hydrogens is 346 g/mol. The molecule has 0 aliphatic carbocycles. The zero-order valence-electron chi connectivity index (χ0n) is 15.2. The number of nitrogens with zero attached hydrogens (tertiary/aromatic N) is 3. The molecule has 0 saturated carbocycles. The Morgan fingerprint density at radius 1 is 1.19 bits per heavy atom. The van der Waals surface area contributed by atoms with E-state index in [9.17, 15) is 4.79 Å². The first-order valence-corrected chi connectivity index (χ1v) is 9.19. The van der Waals surface area contributed by atoms with Gasteiger partial charge in [0.1, 0.15) is 15.3 Å². The van der Waals surface area contributed by atoms with Crippen LogP contribution in [0.1, 0.15) is 22.4 Å². The number of thiophene rings is 1. The van der Waals surface area contributed by atoms with Gasteiger partial charge in [-0.25, -0.2) is 9.97 Å². The molecule has 0 atom stereocenters. The number of aromatic nitrogens is 3. The molecule has 4 aromatic rings. The normalized spacial score (nSPS) is 11.4. The van der Waals surface area contributed by atoms with Gasteiger partial charge in [-0.2, -0.15) is 0 Å². The van der Waals surface area contributed by atoms with Gasteiger partial charge < -0.3 is 4.74 Å². The number of methoxy groups -OCH3 is 1. The molecule has 0 unspecified atom stereocenters. The van der Waals surface area contributed by atoms with Gasteiger partial charge in [-0.05, 0) is 38.5 Å². The molecule has 5 nitrogen and oxygen atoms in total. The van der Waals surface area contributed by atoms with Gasteiger partial charge in [0.05, 0.1) is 25.5 Å². The van der Waals surface area contributed by atoms with E-state index in [1.165, 1.54) is 11.3 Å². The number of benzene rings is 1. The maximum absolute atomic E-state index is 13.0. The van der Waals surface area contributed by atoms with E-state index >= 15 is 0 Å². The van der Waals surface area contributed by atoms with Crippen molar-refractivity contribution in [2.45, 2.75) is 27.3 Å². The first kappa shape index (κ1) is 16.7. The SMILES string of the molecule is COc1ccc(C)cc1Cn1cnc2c(sc3nc(C)cc(C)c32)c1=O. The van der Waals surface area contributed by atoms with Crippen LogP contribution in [-0.4, -0.2) is 21.6 Å². The summed E-state index contributed by atoms with van der Waals surface area (Å²) in [6.07, 6.45) is 1.62. The average Bonchev–Trinajstić information content (AvgIpc) is 2.97. The molecular formula is C20H19N3O2S. The van der Waals surface area contributed by atoms with E-state index in [0.29, 0.717) is 11.2 Å². The molecule has 0 radical (unpaired) electrons. The van der Waals surface area contributed by atoms with Crippen LogP contribution >= 0.6 is 11.3 Å². The summed E-state index contributed by atoms with van der Waals surface area (Å²) in [6, 6.07) is 7.99. The average molecular weight is 365 g/mol. The van der Waals surface area contributed by atoms with Crippen LogP contribution in [0, 0.1) is 20.8 Å². The van der Waals surface area contributed by atoms with Crippen LogP contribution in [-0.2, 0) is 6.54 Å². The highest BCUT2D eigenvalue weighted by molar-refractivity contribution is 7.25. The van der Waals surface area contributed by atoms with E-state index < -0.39 is 0 Å². The first-order chi connectivity index (χ1) is 12.5. The van der Waals surface area contributed by atoms with E-state index in [-0.39, 0.29) is 5.56 Å².